The second kappa shape index (κ2) is 6.51. The Kier molecular flexibility index (Phi) is 4.46. The number of carbonyl (C=O) groups is 2. The Morgan fingerprint density at radius 3 is 2.73 bits per heavy atom. The summed E-state index contributed by atoms with van der Waals surface area (Å²) in [6.45, 7) is 4.34. The van der Waals surface area contributed by atoms with Gasteiger partial charge in [-0.15, -0.1) is 0 Å². The van der Waals surface area contributed by atoms with E-state index in [0.29, 0.717) is 13.0 Å². The minimum Gasteiger partial charge on any atom is -0.341 e. The molecule has 0 N–H and O–H groups in total. The lowest BCUT2D eigenvalue weighted by Gasteiger charge is -2.38. The molecule has 0 saturated carbocycles. The third-order valence-electron chi connectivity index (χ3n) is 4.87. The van der Waals surface area contributed by atoms with Crippen LogP contribution in [0.3, 0.4) is 0 Å². The Labute approximate surface area is 132 Å². The molecule has 0 spiro atoms. The molecule has 22 heavy (non-hydrogen) atoms. The summed E-state index contributed by atoms with van der Waals surface area (Å²) in [4.78, 5) is 28.7. The third kappa shape index (κ3) is 3.01. The van der Waals surface area contributed by atoms with Gasteiger partial charge in [-0.05, 0) is 44.2 Å². The number of piperidine rings is 1. The van der Waals surface area contributed by atoms with Gasteiger partial charge >= 0.3 is 0 Å². The lowest BCUT2D eigenvalue weighted by Crippen LogP contribution is -2.49. The number of rotatable bonds is 3. The maximum atomic E-state index is 12.9. The fourth-order valence-corrected chi connectivity index (χ4v) is 3.58. The molecule has 0 aliphatic carbocycles. The summed E-state index contributed by atoms with van der Waals surface area (Å²) < 4.78 is 0. The molecule has 2 aliphatic rings. The number of aryl methyl sites for hydroxylation is 1. The van der Waals surface area contributed by atoms with E-state index >= 15 is 0 Å². The first-order valence-electron chi connectivity index (χ1n) is 8.31. The van der Waals surface area contributed by atoms with Crippen LogP contribution >= 0.6 is 0 Å². The Morgan fingerprint density at radius 1 is 1.18 bits per heavy atom. The molecule has 1 aromatic carbocycles. The topological polar surface area (TPSA) is 40.6 Å². The van der Waals surface area contributed by atoms with Crippen LogP contribution in [0.4, 0.5) is 0 Å². The second-order valence-electron chi connectivity index (χ2n) is 6.41. The van der Waals surface area contributed by atoms with Gasteiger partial charge in [0.15, 0.2) is 0 Å². The van der Waals surface area contributed by atoms with Crippen molar-refractivity contribution in [2.45, 2.75) is 45.1 Å². The van der Waals surface area contributed by atoms with E-state index in [0.717, 1.165) is 49.9 Å². The van der Waals surface area contributed by atoms with Crippen molar-refractivity contribution in [3.8, 4) is 0 Å². The summed E-state index contributed by atoms with van der Waals surface area (Å²) in [5, 5.41) is 0. The van der Waals surface area contributed by atoms with Gasteiger partial charge in [0.1, 0.15) is 0 Å². The van der Waals surface area contributed by atoms with Crippen LogP contribution in [0.5, 0.6) is 0 Å². The maximum Gasteiger partial charge on any atom is 0.254 e. The zero-order valence-corrected chi connectivity index (χ0v) is 13.3. The van der Waals surface area contributed by atoms with E-state index in [9.17, 15) is 9.59 Å². The van der Waals surface area contributed by atoms with E-state index in [1.54, 1.807) is 0 Å². The van der Waals surface area contributed by atoms with E-state index < -0.39 is 0 Å². The molecular formula is C18H24N2O2. The SMILES string of the molecule is Cc1ccccc1C(=O)N1CCCCC1CN1CCCC1=O. The van der Waals surface area contributed by atoms with Crippen LogP contribution in [0.25, 0.3) is 0 Å². The third-order valence-corrected chi connectivity index (χ3v) is 4.87. The van der Waals surface area contributed by atoms with Crippen LogP contribution in [0.15, 0.2) is 24.3 Å². The van der Waals surface area contributed by atoms with Gasteiger partial charge in [0, 0.05) is 37.7 Å². The van der Waals surface area contributed by atoms with E-state index in [4.69, 9.17) is 0 Å². The fraction of sp³-hybridized carbons (Fsp3) is 0.556. The Bertz CT molecular complexity index is 570. The van der Waals surface area contributed by atoms with Gasteiger partial charge in [-0.3, -0.25) is 9.59 Å². The molecular weight excluding hydrogens is 276 g/mol. The van der Waals surface area contributed by atoms with Crippen molar-refractivity contribution in [2.24, 2.45) is 0 Å². The molecule has 2 amide bonds. The highest BCUT2D eigenvalue weighted by atomic mass is 16.2. The maximum absolute atomic E-state index is 12.9. The molecule has 2 heterocycles. The van der Waals surface area contributed by atoms with E-state index in [2.05, 4.69) is 0 Å². The monoisotopic (exact) mass is 300 g/mol. The number of likely N-dealkylation sites (tertiary alicyclic amines) is 2. The number of carbonyl (C=O) groups excluding carboxylic acids is 2. The van der Waals surface area contributed by atoms with Crippen LogP contribution in [0.2, 0.25) is 0 Å². The summed E-state index contributed by atoms with van der Waals surface area (Å²) in [6, 6.07) is 7.94. The molecule has 2 fully saturated rings. The van der Waals surface area contributed by atoms with E-state index in [-0.39, 0.29) is 17.9 Å². The molecule has 2 saturated heterocycles. The van der Waals surface area contributed by atoms with Gasteiger partial charge in [-0.2, -0.15) is 0 Å². The lowest BCUT2D eigenvalue weighted by atomic mass is 9.99. The smallest absolute Gasteiger partial charge is 0.254 e. The quantitative estimate of drug-likeness (QED) is 0.861. The summed E-state index contributed by atoms with van der Waals surface area (Å²) in [5.41, 5.74) is 1.82. The number of amides is 2. The summed E-state index contributed by atoms with van der Waals surface area (Å²) in [7, 11) is 0. The zero-order chi connectivity index (χ0) is 15.5. The molecule has 1 aromatic rings. The van der Waals surface area contributed by atoms with Gasteiger partial charge in [0.25, 0.3) is 5.91 Å². The van der Waals surface area contributed by atoms with Crippen molar-refractivity contribution in [1.82, 2.24) is 9.80 Å². The van der Waals surface area contributed by atoms with Crippen LogP contribution < -0.4 is 0 Å². The van der Waals surface area contributed by atoms with Gasteiger partial charge in [-0.25, -0.2) is 0 Å². The molecule has 4 heteroatoms. The molecule has 4 nitrogen and oxygen atoms in total. The molecule has 1 unspecified atom stereocenters. The first-order valence-corrected chi connectivity index (χ1v) is 8.31. The molecule has 3 rings (SSSR count). The molecule has 2 aliphatic heterocycles. The Balaban J connectivity index is 1.76. The van der Waals surface area contributed by atoms with Crippen molar-refractivity contribution >= 4 is 11.8 Å². The van der Waals surface area contributed by atoms with E-state index in [1.807, 2.05) is 41.0 Å². The fourth-order valence-electron chi connectivity index (χ4n) is 3.58. The van der Waals surface area contributed by atoms with Crippen LogP contribution in [0, 0.1) is 6.92 Å². The predicted molar refractivity (Wildman–Crippen MR) is 85.7 cm³/mol. The van der Waals surface area contributed by atoms with Crippen molar-refractivity contribution in [1.29, 1.82) is 0 Å². The first-order chi connectivity index (χ1) is 10.7. The molecule has 0 aromatic heterocycles. The second-order valence-corrected chi connectivity index (χ2v) is 6.41. The molecule has 0 bridgehead atoms. The number of hydrogen-bond acceptors (Lipinski definition) is 2. The van der Waals surface area contributed by atoms with Crippen molar-refractivity contribution < 1.29 is 9.59 Å². The van der Waals surface area contributed by atoms with Gasteiger partial charge in [0.05, 0.1) is 0 Å². The summed E-state index contributed by atoms with van der Waals surface area (Å²) in [6.07, 6.45) is 4.82. The normalized spacial score (nSPS) is 22.2. The first kappa shape index (κ1) is 15.1. The van der Waals surface area contributed by atoms with Crippen molar-refractivity contribution in [3.63, 3.8) is 0 Å². The Morgan fingerprint density at radius 2 is 2.00 bits per heavy atom. The predicted octanol–water partition coefficient (Wildman–Crippen LogP) is 2.61. The highest BCUT2D eigenvalue weighted by molar-refractivity contribution is 5.96. The average molecular weight is 300 g/mol. The minimum atomic E-state index is 0.120. The average Bonchev–Trinajstić information content (AvgIpc) is 2.93. The van der Waals surface area contributed by atoms with Crippen LogP contribution in [-0.2, 0) is 4.79 Å². The summed E-state index contributed by atoms with van der Waals surface area (Å²) in [5.74, 6) is 0.364. The number of hydrogen-bond donors (Lipinski definition) is 0. The van der Waals surface area contributed by atoms with Crippen molar-refractivity contribution in [2.75, 3.05) is 19.6 Å². The van der Waals surface area contributed by atoms with Gasteiger partial charge in [0.2, 0.25) is 5.91 Å². The lowest BCUT2D eigenvalue weighted by molar-refractivity contribution is -0.128. The highest BCUT2D eigenvalue weighted by Gasteiger charge is 2.31. The van der Waals surface area contributed by atoms with Gasteiger partial charge < -0.3 is 9.80 Å². The highest BCUT2D eigenvalue weighted by Crippen LogP contribution is 2.23. The van der Waals surface area contributed by atoms with Crippen molar-refractivity contribution in [3.05, 3.63) is 35.4 Å². The minimum absolute atomic E-state index is 0.120. The van der Waals surface area contributed by atoms with Crippen LogP contribution in [-0.4, -0.2) is 47.3 Å². The summed E-state index contributed by atoms with van der Waals surface area (Å²) >= 11 is 0. The molecule has 118 valence electrons. The molecule has 0 radical (unpaired) electrons. The van der Waals surface area contributed by atoms with Gasteiger partial charge in [-0.1, -0.05) is 18.2 Å². The van der Waals surface area contributed by atoms with Crippen LogP contribution in [0.1, 0.15) is 48.0 Å². The Hall–Kier alpha value is -1.84. The largest absolute Gasteiger partial charge is 0.341 e. The van der Waals surface area contributed by atoms with E-state index in [1.165, 1.54) is 0 Å². The standard InChI is InChI=1S/C18H24N2O2/c1-14-7-2-3-9-16(14)18(22)20-12-5-4-8-15(20)13-19-11-6-10-17(19)21/h2-3,7,9,15H,4-6,8,10-13H2,1H3. The number of benzene rings is 1. The number of nitrogens with zero attached hydrogens (tertiary/aromatic N) is 2. The zero-order valence-electron chi connectivity index (χ0n) is 13.3. The molecule has 1 atom stereocenters.